The Labute approximate surface area is 191 Å². The summed E-state index contributed by atoms with van der Waals surface area (Å²) in [5.74, 6) is 3.94. The van der Waals surface area contributed by atoms with E-state index in [1.54, 1.807) is 11.9 Å². The first-order chi connectivity index (χ1) is 15.1. The van der Waals surface area contributed by atoms with Gasteiger partial charge in [0.1, 0.15) is 0 Å². The molecule has 0 saturated heterocycles. The molecule has 2 heteroatoms. The van der Waals surface area contributed by atoms with Crippen molar-refractivity contribution in [3.63, 3.8) is 0 Å². The molecule has 2 saturated carbocycles. The summed E-state index contributed by atoms with van der Waals surface area (Å²) in [7, 11) is 1.80. The van der Waals surface area contributed by atoms with E-state index in [0.717, 1.165) is 35.8 Å². The summed E-state index contributed by atoms with van der Waals surface area (Å²) in [6, 6.07) is 8.50. The zero-order valence-electron chi connectivity index (χ0n) is 20.2. The molecule has 0 spiro atoms. The molecule has 0 heterocycles. The second kappa shape index (κ2) is 12.5. The van der Waals surface area contributed by atoms with Gasteiger partial charge in [-0.1, -0.05) is 77.0 Å². The van der Waals surface area contributed by atoms with Gasteiger partial charge >= 0.3 is 0 Å². The molecule has 1 aromatic rings. The predicted molar refractivity (Wildman–Crippen MR) is 133 cm³/mol. The predicted octanol–water partition coefficient (Wildman–Crippen LogP) is 7.96. The van der Waals surface area contributed by atoms with Gasteiger partial charge < -0.3 is 4.90 Å². The average Bonchev–Trinajstić information content (AvgIpc) is 2.83. The zero-order chi connectivity index (χ0) is 22.1. The lowest BCUT2D eigenvalue weighted by molar-refractivity contribution is -0.113. The van der Waals surface area contributed by atoms with Crippen LogP contribution in [0.5, 0.6) is 0 Å². The van der Waals surface area contributed by atoms with Crippen LogP contribution in [0.15, 0.2) is 36.9 Å². The first-order valence-corrected chi connectivity index (χ1v) is 13.1. The number of anilines is 1. The number of hydrogen-bond acceptors (Lipinski definition) is 1. The van der Waals surface area contributed by atoms with Crippen molar-refractivity contribution >= 4 is 11.6 Å². The highest BCUT2D eigenvalue weighted by molar-refractivity contribution is 6.00. The SMILES string of the molecule is C=CC(=O)N(C)c1ccc(CCC2CCC(C3CCC(CCCCC)CC3)CC2)cc1. The topological polar surface area (TPSA) is 20.3 Å². The molecule has 2 aliphatic carbocycles. The van der Waals surface area contributed by atoms with Gasteiger partial charge in [0.2, 0.25) is 5.91 Å². The summed E-state index contributed by atoms with van der Waals surface area (Å²) in [5.41, 5.74) is 2.33. The number of carbonyl (C=O) groups excluding carboxylic acids is 1. The maximum absolute atomic E-state index is 11.7. The van der Waals surface area contributed by atoms with Crippen molar-refractivity contribution in [2.24, 2.45) is 23.7 Å². The molecule has 0 atom stereocenters. The molecule has 172 valence electrons. The molecule has 31 heavy (non-hydrogen) atoms. The number of rotatable bonds is 10. The molecule has 0 radical (unpaired) electrons. The minimum absolute atomic E-state index is 0.0607. The lowest BCUT2D eigenvalue weighted by Crippen LogP contribution is -2.26. The minimum atomic E-state index is -0.0607. The molecular weight excluding hydrogens is 378 g/mol. The number of hydrogen-bond donors (Lipinski definition) is 0. The van der Waals surface area contributed by atoms with Crippen molar-refractivity contribution in [1.29, 1.82) is 0 Å². The fourth-order valence-corrected chi connectivity index (χ4v) is 6.10. The summed E-state index contributed by atoms with van der Waals surface area (Å²) in [4.78, 5) is 13.4. The number of carbonyl (C=O) groups is 1. The molecule has 3 rings (SSSR count). The molecule has 2 aliphatic rings. The lowest BCUT2D eigenvalue weighted by Gasteiger charge is -2.38. The van der Waals surface area contributed by atoms with Crippen LogP contribution in [0, 0.1) is 23.7 Å². The maximum atomic E-state index is 11.7. The van der Waals surface area contributed by atoms with E-state index in [1.807, 2.05) is 0 Å². The van der Waals surface area contributed by atoms with Gasteiger partial charge in [0, 0.05) is 12.7 Å². The fraction of sp³-hybridized carbons (Fsp3) is 0.690. The second-order valence-electron chi connectivity index (χ2n) is 10.4. The first kappa shape index (κ1) is 24.1. The van der Waals surface area contributed by atoms with Gasteiger partial charge in [0.25, 0.3) is 0 Å². The third kappa shape index (κ3) is 7.22. The summed E-state index contributed by atoms with van der Waals surface area (Å²) < 4.78 is 0. The Morgan fingerprint density at radius 2 is 1.45 bits per heavy atom. The Morgan fingerprint density at radius 1 is 0.903 bits per heavy atom. The fourth-order valence-electron chi connectivity index (χ4n) is 6.10. The van der Waals surface area contributed by atoms with E-state index in [9.17, 15) is 4.79 Å². The molecule has 0 aliphatic heterocycles. The van der Waals surface area contributed by atoms with Crippen LogP contribution in [0.25, 0.3) is 0 Å². The number of nitrogens with zero attached hydrogens (tertiary/aromatic N) is 1. The van der Waals surface area contributed by atoms with Gasteiger partial charge in [0.05, 0.1) is 0 Å². The highest BCUT2D eigenvalue weighted by Crippen LogP contribution is 2.43. The monoisotopic (exact) mass is 423 g/mol. The van der Waals surface area contributed by atoms with Crippen LogP contribution >= 0.6 is 0 Å². The van der Waals surface area contributed by atoms with Crippen LogP contribution in [-0.2, 0) is 11.2 Å². The number of likely N-dealkylation sites (N-methyl/N-ethyl adjacent to an activating group) is 1. The van der Waals surface area contributed by atoms with E-state index in [4.69, 9.17) is 0 Å². The number of aryl methyl sites for hydroxylation is 1. The molecule has 2 fully saturated rings. The Balaban J connectivity index is 1.34. The largest absolute Gasteiger partial charge is 0.312 e. The lowest BCUT2D eigenvalue weighted by atomic mass is 9.68. The van der Waals surface area contributed by atoms with Crippen molar-refractivity contribution in [2.75, 3.05) is 11.9 Å². The Bertz CT molecular complexity index is 662. The molecule has 2 nitrogen and oxygen atoms in total. The van der Waals surface area contributed by atoms with Crippen LogP contribution in [0.2, 0.25) is 0 Å². The van der Waals surface area contributed by atoms with E-state index in [0.29, 0.717) is 0 Å². The molecule has 0 unspecified atom stereocenters. The van der Waals surface area contributed by atoms with E-state index >= 15 is 0 Å². The second-order valence-corrected chi connectivity index (χ2v) is 10.4. The van der Waals surface area contributed by atoms with Crippen LogP contribution in [-0.4, -0.2) is 13.0 Å². The third-order valence-corrected chi connectivity index (χ3v) is 8.34. The molecule has 0 aromatic heterocycles. The molecule has 1 amide bonds. The summed E-state index contributed by atoms with van der Waals surface area (Å²) in [6.45, 7) is 5.88. The molecule has 0 bridgehead atoms. The first-order valence-electron chi connectivity index (χ1n) is 13.1. The normalized spacial score (nSPS) is 26.4. The molecular formula is C29H45NO. The maximum Gasteiger partial charge on any atom is 0.250 e. The van der Waals surface area contributed by atoms with Crippen molar-refractivity contribution in [3.8, 4) is 0 Å². The number of unbranched alkanes of at least 4 members (excludes halogenated alkanes) is 2. The van der Waals surface area contributed by atoms with Gasteiger partial charge in [-0.05, 0) is 86.0 Å². The Morgan fingerprint density at radius 3 is 1.97 bits per heavy atom. The Kier molecular flexibility index (Phi) is 9.68. The standard InChI is InChI=1S/C29H45NO/c1-4-6-7-8-23-11-17-26(18-12-23)27-19-13-24(14-20-27)9-10-25-15-21-28(22-16-25)30(3)29(31)5-2/h5,15-16,21-24,26-27H,2,4,6-14,17-20H2,1,3H3. The van der Waals surface area contributed by atoms with Crippen LogP contribution in [0.4, 0.5) is 5.69 Å². The number of amides is 1. The summed E-state index contributed by atoms with van der Waals surface area (Å²) >= 11 is 0. The van der Waals surface area contributed by atoms with Gasteiger partial charge in [0.15, 0.2) is 0 Å². The van der Waals surface area contributed by atoms with Crippen molar-refractivity contribution in [3.05, 3.63) is 42.5 Å². The van der Waals surface area contributed by atoms with Gasteiger partial charge in [-0.25, -0.2) is 0 Å². The van der Waals surface area contributed by atoms with Crippen molar-refractivity contribution in [1.82, 2.24) is 0 Å². The Hall–Kier alpha value is -1.57. The van der Waals surface area contributed by atoms with Crippen molar-refractivity contribution in [2.45, 2.75) is 96.8 Å². The van der Waals surface area contributed by atoms with Crippen LogP contribution in [0.1, 0.15) is 96.0 Å². The van der Waals surface area contributed by atoms with Crippen LogP contribution in [0.3, 0.4) is 0 Å². The smallest absolute Gasteiger partial charge is 0.250 e. The van der Waals surface area contributed by atoms with Gasteiger partial charge in [-0.3, -0.25) is 4.79 Å². The van der Waals surface area contributed by atoms with E-state index in [1.165, 1.54) is 95.1 Å². The highest BCUT2D eigenvalue weighted by Gasteiger charge is 2.30. The van der Waals surface area contributed by atoms with Crippen LogP contribution < -0.4 is 4.90 Å². The third-order valence-electron chi connectivity index (χ3n) is 8.34. The quantitative estimate of drug-likeness (QED) is 0.276. The summed E-state index contributed by atoms with van der Waals surface area (Å²) in [5, 5.41) is 0. The highest BCUT2D eigenvalue weighted by atomic mass is 16.2. The summed E-state index contributed by atoms with van der Waals surface area (Å²) in [6.07, 6.45) is 21.5. The zero-order valence-corrected chi connectivity index (χ0v) is 20.2. The van der Waals surface area contributed by atoms with E-state index in [2.05, 4.69) is 37.8 Å². The number of benzene rings is 1. The average molecular weight is 424 g/mol. The van der Waals surface area contributed by atoms with Gasteiger partial charge in [-0.2, -0.15) is 0 Å². The van der Waals surface area contributed by atoms with E-state index in [-0.39, 0.29) is 5.91 Å². The van der Waals surface area contributed by atoms with Crippen molar-refractivity contribution < 1.29 is 4.79 Å². The molecule has 0 N–H and O–H groups in total. The molecule has 1 aromatic carbocycles. The van der Waals surface area contributed by atoms with E-state index < -0.39 is 0 Å². The minimum Gasteiger partial charge on any atom is -0.312 e. The van der Waals surface area contributed by atoms with Gasteiger partial charge in [-0.15, -0.1) is 0 Å².